The summed E-state index contributed by atoms with van der Waals surface area (Å²) in [5, 5.41) is 17.6. The van der Waals surface area contributed by atoms with Crippen LogP contribution in [0.4, 0.5) is 10.1 Å². The molecule has 0 heterocycles. The van der Waals surface area contributed by atoms with Gasteiger partial charge < -0.3 is 9.84 Å². The quantitative estimate of drug-likeness (QED) is 0.373. The number of halogens is 1. The van der Waals surface area contributed by atoms with Gasteiger partial charge >= 0.3 is 5.97 Å². The van der Waals surface area contributed by atoms with Crippen LogP contribution in [0.15, 0.2) is 41.3 Å². The number of methoxy groups -OCH3 is 1. The van der Waals surface area contributed by atoms with E-state index in [-0.39, 0.29) is 6.99 Å². The zero-order valence-corrected chi connectivity index (χ0v) is 17.0. The number of esters is 1. The Kier molecular flexibility index (Phi) is 8.75. The van der Waals surface area contributed by atoms with Gasteiger partial charge in [-0.15, -0.1) is 11.8 Å². The second-order valence-corrected chi connectivity index (χ2v) is 7.81. The summed E-state index contributed by atoms with van der Waals surface area (Å²) in [6.45, 7) is 6.89. The van der Waals surface area contributed by atoms with Gasteiger partial charge in [-0.2, -0.15) is 0 Å². The van der Waals surface area contributed by atoms with Gasteiger partial charge in [0.2, 0.25) is 0 Å². The molecular formula is C20H28FNO4S. The van der Waals surface area contributed by atoms with Crippen molar-refractivity contribution in [1.82, 2.24) is 0 Å². The van der Waals surface area contributed by atoms with Crippen molar-refractivity contribution in [2.75, 3.05) is 12.6 Å². The Balaban J connectivity index is 0.00000108. The number of benzene rings is 2. The number of thioether (sulfide) groups is 1. The molecule has 0 amide bonds. The summed E-state index contributed by atoms with van der Waals surface area (Å²) in [5.74, 6) is -0.914. The molecule has 0 fully saturated rings. The number of anilines is 1. The molecule has 0 aliphatic carbocycles. The number of nitrogens with one attached hydrogen (secondary N) is 1. The van der Waals surface area contributed by atoms with Crippen LogP contribution < -0.4 is 5.48 Å². The lowest BCUT2D eigenvalue weighted by molar-refractivity contribution is 0.0594. The minimum Gasteiger partial charge on any atom is -0.465 e. The second-order valence-electron chi connectivity index (χ2n) is 6.79. The third-order valence-corrected chi connectivity index (χ3v) is 4.33. The molecule has 0 radical (unpaired) electrons. The zero-order chi connectivity index (χ0) is 20.6. The van der Waals surface area contributed by atoms with E-state index in [2.05, 4.69) is 10.2 Å². The molecule has 27 heavy (non-hydrogen) atoms. The summed E-state index contributed by atoms with van der Waals surface area (Å²) in [6.07, 6.45) is 0. The average Bonchev–Trinajstić information content (AvgIpc) is 2.59. The molecule has 2 aromatic rings. The van der Waals surface area contributed by atoms with Crippen LogP contribution in [0, 0.1) is 12.7 Å². The third-order valence-electron chi connectivity index (χ3n) is 3.21. The van der Waals surface area contributed by atoms with Crippen LogP contribution in [-0.2, 0) is 10.5 Å². The van der Waals surface area contributed by atoms with Crippen molar-refractivity contribution >= 4 is 23.4 Å². The highest BCUT2D eigenvalue weighted by Crippen LogP contribution is 2.31. The van der Waals surface area contributed by atoms with Crippen LogP contribution >= 0.6 is 11.8 Å². The first-order valence-electron chi connectivity index (χ1n) is 8.29. The first-order valence-corrected chi connectivity index (χ1v) is 9.27. The lowest BCUT2D eigenvalue weighted by Gasteiger charge is -2.11. The SMILES string of the molecule is CC(C)(C)O.COC(=O)c1c(C)ccc(CSc2ccccc2NO)c1F.[HH]. The Hall–Kier alpha value is -2.09. The maximum Gasteiger partial charge on any atom is 0.341 e. The lowest BCUT2D eigenvalue weighted by atomic mass is 10.0. The van der Waals surface area contributed by atoms with Gasteiger partial charge in [-0.3, -0.25) is 10.7 Å². The van der Waals surface area contributed by atoms with E-state index in [9.17, 15) is 9.18 Å². The van der Waals surface area contributed by atoms with E-state index >= 15 is 0 Å². The summed E-state index contributed by atoms with van der Waals surface area (Å²) in [6, 6.07) is 10.5. The van der Waals surface area contributed by atoms with E-state index in [1.165, 1.54) is 18.9 Å². The van der Waals surface area contributed by atoms with Crippen LogP contribution in [-0.4, -0.2) is 29.0 Å². The van der Waals surface area contributed by atoms with Crippen LogP contribution in [0.25, 0.3) is 0 Å². The normalized spacial score (nSPS) is 10.7. The van der Waals surface area contributed by atoms with E-state index in [0.717, 1.165) is 4.90 Å². The molecule has 0 aliphatic heterocycles. The van der Waals surface area contributed by atoms with Gasteiger partial charge in [0.05, 0.1) is 24.0 Å². The van der Waals surface area contributed by atoms with E-state index in [1.54, 1.807) is 52.0 Å². The predicted molar refractivity (Wildman–Crippen MR) is 108 cm³/mol. The Labute approximate surface area is 165 Å². The van der Waals surface area contributed by atoms with Crippen molar-refractivity contribution in [3.8, 4) is 0 Å². The molecule has 5 nitrogen and oxygen atoms in total. The minimum atomic E-state index is -0.681. The number of aryl methyl sites for hydroxylation is 1. The van der Waals surface area contributed by atoms with Crippen LogP contribution in [0.3, 0.4) is 0 Å². The summed E-state index contributed by atoms with van der Waals surface area (Å²) in [7, 11) is 1.23. The van der Waals surface area contributed by atoms with E-state index in [4.69, 9.17) is 10.3 Å². The van der Waals surface area contributed by atoms with Crippen LogP contribution in [0.5, 0.6) is 0 Å². The molecule has 7 heteroatoms. The number of rotatable bonds is 5. The highest BCUT2D eigenvalue weighted by atomic mass is 32.2. The number of hydrogen-bond acceptors (Lipinski definition) is 6. The largest absolute Gasteiger partial charge is 0.465 e. The maximum atomic E-state index is 14.5. The molecule has 0 aliphatic rings. The predicted octanol–water partition coefficient (Wildman–Crippen LogP) is 5.04. The Morgan fingerprint density at radius 1 is 1.26 bits per heavy atom. The maximum absolute atomic E-state index is 14.5. The summed E-state index contributed by atoms with van der Waals surface area (Å²) < 4.78 is 19.1. The molecular weight excluding hydrogens is 369 g/mol. The Morgan fingerprint density at radius 2 is 1.85 bits per heavy atom. The standard InChI is InChI=1S/C16H16FNO3S.C4H10O.H2/c1-10-7-8-11(15(17)14(10)16(19)21-2)9-22-13-6-4-3-5-12(13)18-20;1-4(2,3)5;/h3-8,18,20H,9H2,1-2H3;5H,1-3H3;1H. The number of carbonyl (C=O) groups is 1. The summed E-state index contributed by atoms with van der Waals surface area (Å²) in [5.41, 5.74) is 3.07. The Morgan fingerprint density at radius 3 is 2.41 bits per heavy atom. The monoisotopic (exact) mass is 397 g/mol. The van der Waals surface area contributed by atoms with Crippen LogP contribution in [0.2, 0.25) is 0 Å². The highest BCUT2D eigenvalue weighted by molar-refractivity contribution is 7.98. The Bertz CT molecular complexity index is 775. The van der Waals surface area contributed by atoms with Crippen molar-refractivity contribution in [2.24, 2.45) is 0 Å². The van der Waals surface area contributed by atoms with E-state index in [1.807, 2.05) is 12.1 Å². The smallest absolute Gasteiger partial charge is 0.341 e. The first kappa shape index (κ1) is 23.0. The van der Waals surface area contributed by atoms with E-state index < -0.39 is 17.4 Å². The fraction of sp³-hybridized carbons (Fsp3) is 0.350. The van der Waals surface area contributed by atoms with Crippen molar-refractivity contribution in [3.63, 3.8) is 0 Å². The number of para-hydroxylation sites is 1. The van der Waals surface area contributed by atoms with E-state index in [0.29, 0.717) is 22.6 Å². The average molecular weight is 398 g/mol. The van der Waals surface area contributed by atoms with Gasteiger partial charge in [0.1, 0.15) is 5.82 Å². The molecule has 2 rings (SSSR count). The van der Waals surface area contributed by atoms with Crippen molar-refractivity contribution < 1.29 is 25.7 Å². The van der Waals surface area contributed by atoms with Crippen molar-refractivity contribution in [2.45, 2.75) is 43.9 Å². The fourth-order valence-corrected chi connectivity index (χ4v) is 3.00. The van der Waals surface area contributed by atoms with Crippen LogP contribution in [0.1, 0.15) is 43.7 Å². The molecule has 2 aromatic carbocycles. The fourth-order valence-electron chi connectivity index (χ4n) is 2.02. The molecule has 0 spiro atoms. The molecule has 0 saturated heterocycles. The number of ether oxygens (including phenoxy) is 1. The molecule has 0 bridgehead atoms. The van der Waals surface area contributed by atoms with Gasteiger partial charge in [0, 0.05) is 12.1 Å². The molecule has 0 atom stereocenters. The molecule has 0 saturated carbocycles. The molecule has 3 N–H and O–H groups in total. The first-order chi connectivity index (χ1) is 12.6. The minimum absolute atomic E-state index is 0. The second kappa shape index (κ2) is 10.3. The molecule has 150 valence electrons. The number of hydrogen-bond donors (Lipinski definition) is 3. The topological polar surface area (TPSA) is 78.8 Å². The number of carbonyl (C=O) groups excluding carboxylic acids is 1. The molecule has 0 unspecified atom stereocenters. The van der Waals surface area contributed by atoms with Crippen molar-refractivity contribution in [1.29, 1.82) is 0 Å². The van der Waals surface area contributed by atoms with Crippen molar-refractivity contribution in [3.05, 3.63) is 58.9 Å². The van der Waals surface area contributed by atoms with Gasteiger partial charge in [-0.25, -0.2) is 9.18 Å². The molecule has 0 aromatic heterocycles. The van der Waals surface area contributed by atoms with Gasteiger partial charge in [-0.05, 0) is 51.0 Å². The third kappa shape index (κ3) is 7.58. The van der Waals surface area contributed by atoms with Gasteiger partial charge in [0.15, 0.2) is 0 Å². The lowest BCUT2D eigenvalue weighted by Crippen LogP contribution is -2.10. The summed E-state index contributed by atoms with van der Waals surface area (Å²) in [4.78, 5) is 12.5. The van der Waals surface area contributed by atoms with Gasteiger partial charge in [-0.1, -0.05) is 24.3 Å². The highest BCUT2D eigenvalue weighted by Gasteiger charge is 2.18. The zero-order valence-electron chi connectivity index (χ0n) is 16.2. The summed E-state index contributed by atoms with van der Waals surface area (Å²) >= 11 is 1.36. The van der Waals surface area contributed by atoms with Gasteiger partial charge in [0.25, 0.3) is 0 Å². The number of aliphatic hydroxyl groups is 1.